The lowest BCUT2D eigenvalue weighted by atomic mass is 10.1. The van der Waals surface area contributed by atoms with E-state index in [2.05, 4.69) is 0 Å². The van der Waals surface area contributed by atoms with Crippen LogP contribution in [0.25, 0.3) is 0 Å². The van der Waals surface area contributed by atoms with Crippen LogP contribution in [0, 0.1) is 0 Å². The number of urea groups is 1. The number of hydrogen-bond acceptors (Lipinski definition) is 4. The number of rotatable bonds is 2. The molecule has 0 saturated carbocycles. The van der Waals surface area contributed by atoms with Crippen LogP contribution in [-0.4, -0.2) is 31.8 Å². The molecule has 1 N–H and O–H groups in total. The maximum absolute atomic E-state index is 12.2. The molecule has 0 unspecified atom stereocenters. The molecule has 120 valence electrons. The Hall–Kier alpha value is -1.89. The average Bonchev–Trinajstić information content (AvgIpc) is 2.60. The summed E-state index contributed by atoms with van der Waals surface area (Å²) in [5.74, 6) is -0.317. The van der Waals surface area contributed by atoms with Crippen LogP contribution in [0.5, 0.6) is 0 Å². The summed E-state index contributed by atoms with van der Waals surface area (Å²) in [5.41, 5.74) is 0. The third-order valence-corrected chi connectivity index (χ3v) is 4.93. The van der Waals surface area contributed by atoms with Gasteiger partial charge in [-0.1, -0.05) is 37.5 Å². The summed E-state index contributed by atoms with van der Waals surface area (Å²) >= 11 is 0. The Morgan fingerprint density at radius 2 is 1.64 bits per heavy atom. The van der Waals surface area contributed by atoms with Gasteiger partial charge in [0, 0.05) is 13.0 Å². The molecule has 0 bridgehead atoms. The van der Waals surface area contributed by atoms with Crippen LogP contribution in [0.3, 0.4) is 0 Å². The van der Waals surface area contributed by atoms with E-state index in [1.165, 1.54) is 12.1 Å². The Balaban J connectivity index is 2.10. The predicted molar refractivity (Wildman–Crippen MR) is 81.6 cm³/mol. The molecule has 0 aliphatic carbocycles. The zero-order valence-corrected chi connectivity index (χ0v) is 13.1. The molecule has 1 aliphatic heterocycles. The molecule has 0 atom stereocenters. The van der Waals surface area contributed by atoms with Gasteiger partial charge in [0.15, 0.2) is 0 Å². The van der Waals surface area contributed by atoms with Crippen molar-refractivity contribution in [2.45, 2.75) is 43.4 Å². The van der Waals surface area contributed by atoms with Gasteiger partial charge in [0.2, 0.25) is 5.91 Å². The lowest BCUT2D eigenvalue weighted by Gasteiger charge is -2.20. The minimum Gasteiger partial charge on any atom is -0.274 e. The van der Waals surface area contributed by atoms with E-state index in [0.29, 0.717) is 6.42 Å². The summed E-state index contributed by atoms with van der Waals surface area (Å²) in [4.78, 5) is 25.3. The second-order valence-electron chi connectivity index (χ2n) is 5.29. The van der Waals surface area contributed by atoms with Crippen molar-refractivity contribution in [3.05, 3.63) is 30.3 Å². The molecule has 1 aromatic rings. The van der Waals surface area contributed by atoms with E-state index in [1.807, 2.05) is 4.72 Å². The van der Waals surface area contributed by atoms with Gasteiger partial charge in [-0.25, -0.2) is 17.9 Å². The van der Waals surface area contributed by atoms with Gasteiger partial charge in [-0.15, -0.1) is 0 Å². The van der Waals surface area contributed by atoms with Gasteiger partial charge in [-0.05, 0) is 25.0 Å². The fourth-order valence-electron chi connectivity index (χ4n) is 2.38. The highest BCUT2D eigenvalue weighted by molar-refractivity contribution is 7.90. The zero-order valence-electron chi connectivity index (χ0n) is 12.3. The van der Waals surface area contributed by atoms with Crippen LogP contribution in [0.4, 0.5) is 4.79 Å². The summed E-state index contributed by atoms with van der Waals surface area (Å²) in [6.07, 6.45) is 4.63. The Morgan fingerprint density at radius 1 is 1.00 bits per heavy atom. The number of sulfonamides is 1. The first-order valence-corrected chi connectivity index (χ1v) is 8.91. The highest BCUT2D eigenvalue weighted by Crippen LogP contribution is 2.13. The van der Waals surface area contributed by atoms with Crippen LogP contribution < -0.4 is 4.72 Å². The van der Waals surface area contributed by atoms with Gasteiger partial charge >= 0.3 is 6.03 Å². The minimum absolute atomic E-state index is 0.0000605. The van der Waals surface area contributed by atoms with Gasteiger partial charge in [0.05, 0.1) is 4.90 Å². The van der Waals surface area contributed by atoms with Crippen molar-refractivity contribution in [1.29, 1.82) is 0 Å². The number of nitrogens with zero attached hydrogens (tertiary/aromatic N) is 1. The minimum atomic E-state index is -3.96. The van der Waals surface area contributed by atoms with Crippen molar-refractivity contribution in [2.75, 3.05) is 6.54 Å². The van der Waals surface area contributed by atoms with Crippen molar-refractivity contribution in [1.82, 2.24) is 9.62 Å². The molecule has 1 saturated heterocycles. The van der Waals surface area contributed by atoms with E-state index < -0.39 is 16.1 Å². The van der Waals surface area contributed by atoms with Crippen LogP contribution in [0.15, 0.2) is 35.2 Å². The standard InChI is InChI=1S/C15H20N2O4S/c18-14-11-7-2-1-3-8-12-17(14)15(19)16-22(20,21)13-9-5-4-6-10-13/h4-6,9-10H,1-3,7-8,11-12H2,(H,16,19). The highest BCUT2D eigenvalue weighted by atomic mass is 32.2. The second-order valence-corrected chi connectivity index (χ2v) is 6.97. The van der Waals surface area contributed by atoms with Crippen molar-refractivity contribution in [3.63, 3.8) is 0 Å². The van der Waals surface area contributed by atoms with E-state index in [4.69, 9.17) is 0 Å². The summed E-state index contributed by atoms with van der Waals surface area (Å²) < 4.78 is 26.3. The molecule has 22 heavy (non-hydrogen) atoms. The number of hydrogen-bond donors (Lipinski definition) is 1. The first-order valence-electron chi connectivity index (χ1n) is 7.43. The molecule has 6 nitrogen and oxygen atoms in total. The molecule has 0 radical (unpaired) electrons. The Morgan fingerprint density at radius 3 is 2.36 bits per heavy atom. The lowest BCUT2D eigenvalue weighted by Crippen LogP contribution is -2.46. The maximum atomic E-state index is 12.2. The van der Waals surface area contributed by atoms with Crippen LogP contribution in [0.2, 0.25) is 0 Å². The molecule has 3 amide bonds. The highest BCUT2D eigenvalue weighted by Gasteiger charge is 2.26. The zero-order chi connectivity index (χ0) is 16.0. The normalized spacial score (nSPS) is 17.3. The first kappa shape index (κ1) is 16.5. The average molecular weight is 324 g/mol. The summed E-state index contributed by atoms with van der Waals surface area (Å²) in [6.45, 7) is 0.259. The number of amides is 3. The van der Waals surface area contributed by atoms with E-state index in [1.54, 1.807) is 18.2 Å². The predicted octanol–water partition coefficient (Wildman–Crippen LogP) is 2.27. The fraction of sp³-hybridized carbons (Fsp3) is 0.467. The van der Waals surface area contributed by atoms with E-state index in [9.17, 15) is 18.0 Å². The number of imide groups is 1. The van der Waals surface area contributed by atoms with Gasteiger partial charge in [-0.2, -0.15) is 0 Å². The molecule has 0 spiro atoms. The van der Waals surface area contributed by atoms with Crippen molar-refractivity contribution < 1.29 is 18.0 Å². The molecule has 1 aromatic carbocycles. The number of nitrogens with one attached hydrogen (secondary N) is 1. The molecule has 1 aliphatic rings. The van der Waals surface area contributed by atoms with Gasteiger partial charge in [0.25, 0.3) is 10.0 Å². The first-order chi connectivity index (χ1) is 10.5. The quantitative estimate of drug-likeness (QED) is 0.904. The largest absolute Gasteiger partial charge is 0.337 e. The summed E-state index contributed by atoms with van der Waals surface area (Å²) in [7, 11) is -3.96. The van der Waals surface area contributed by atoms with Crippen LogP contribution >= 0.6 is 0 Å². The second kappa shape index (κ2) is 7.40. The molecule has 2 rings (SSSR count). The SMILES string of the molecule is O=C1CCCCCCCN1C(=O)NS(=O)(=O)c1ccccc1. The smallest absolute Gasteiger partial charge is 0.274 e. The molecule has 0 aromatic heterocycles. The van der Waals surface area contributed by atoms with E-state index in [0.717, 1.165) is 30.6 Å². The maximum Gasteiger partial charge on any atom is 0.337 e. The number of carbonyl (C=O) groups excluding carboxylic acids is 2. The van der Waals surface area contributed by atoms with E-state index >= 15 is 0 Å². The molecule has 1 heterocycles. The number of benzene rings is 1. The fourth-order valence-corrected chi connectivity index (χ4v) is 3.35. The van der Waals surface area contributed by atoms with Crippen molar-refractivity contribution >= 4 is 22.0 Å². The third kappa shape index (κ3) is 4.30. The summed E-state index contributed by atoms with van der Waals surface area (Å²) in [6, 6.07) is 6.77. The van der Waals surface area contributed by atoms with Gasteiger partial charge < -0.3 is 0 Å². The lowest BCUT2D eigenvalue weighted by molar-refractivity contribution is -0.128. The van der Waals surface area contributed by atoms with Crippen LogP contribution in [0.1, 0.15) is 38.5 Å². The van der Waals surface area contributed by atoms with Gasteiger partial charge in [-0.3, -0.25) is 9.69 Å². The topological polar surface area (TPSA) is 83.6 Å². The molecular formula is C15H20N2O4S. The van der Waals surface area contributed by atoms with E-state index in [-0.39, 0.29) is 23.8 Å². The third-order valence-electron chi connectivity index (χ3n) is 3.59. The van der Waals surface area contributed by atoms with Crippen LogP contribution in [-0.2, 0) is 14.8 Å². The molecular weight excluding hydrogens is 304 g/mol. The van der Waals surface area contributed by atoms with Crippen molar-refractivity contribution in [2.24, 2.45) is 0 Å². The monoisotopic (exact) mass is 324 g/mol. The number of carbonyl (C=O) groups is 2. The Bertz CT molecular complexity index is 628. The Kier molecular flexibility index (Phi) is 5.54. The molecule has 7 heteroatoms. The summed E-state index contributed by atoms with van der Waals surface area (Å²) in [5, 5.41) is 0. The Labute approximate surface area is 130 Å². The molecule has 1 fully saturated rings. The van der Waals surface area contributed by atoms with Gasteiger partial charge in [0.1, 0.15) is 0 Å². The van der Waals surface area contributed by atoms with Crippen molar-refractivity contribution in [3.8, 4) is 0 Å².